The quantitative estimate of drug-likeness (QED) is 0.632. The summed E-state index contributed by atoms with van der Waals surface area (Å²) in [6.07, 6.45) is -2.51. The largest absolute Gasteiger partial charge is 0.401 e. The van der Waals surface area contributed by atoms with Gasteiger partial charge in [-0.25, -0.2) is 10.8 Å². The molecule has 9 heteroatoms. The number of anilines is 2. The molecule has 0 bridgehead atoms. The van der Waals surface area contributed by atoms with E-state index in [0.717, 1.165) is 5.56 Å². The van der Waals surface area contributed by atoms with Gasteiger partial charge >= 0.3 is 6.18 Å². The van der Waals surface area contributed by atoms with Crippen LogP contribution in [-0.2, 0) is 0 Å². The van der Waals surface area contributed by atoms with E-state index in [1.165, 1.54) is 4.90 Å². The lowest BCUT2D eigenvalue weighted by atomic mass is 10.2. The van der Waals surface area contributed by atoms with Crippen LogP contribution in [0.4, 0.5) is 24.9 Å². The van der Waals surface area contributed by atoms with Crippen molar-refractivity contribution in [2.24, 2.45) is 5.84 Å². The summed E-state index contributed by atoms with van der Waals surface area (Å²) in [6, 6.07) is 0. The Labute approximate surface area is 114 Å². The van der Waals surface area contributed by atoms with Crippen LogP contribution in [-0.4, -0.2) is 53.8 Å². The van der Waals surface area contributed by atoms with E-state index in [-0.39, 0.29) is 0 Å². The number of hydrogen-bond acceptors (Lipinski definition) is 6. The van der Waals surface area contributed by atoms with Gasteiger partial charge in [0.05, 0.1) is 6.54 Å². The highest BCUT2D eigenvalue weighted by atomic mass is 19.4. The van der Waals surface area contributed by atoms with E-state index in [1.54, 1.807) is 6.20 Å². The van der Waals surface area contributed by atoms with Crippen molar-refractivity contribution in [3.63, 3.8) is 0 Å². The fourth-order valence-electron chi connectivity index (χ4n) is 2.19. The van der Waals surface area contributed by atoms with Crippen LogP contribution >= 0.6 is 0 Å². The molecule has 1 aliphatic heterocycles. The van der Waals surface area contributed by atoms with Gasteiger partial charge in [-0.2, -0.15) is 18.2 Å². The molecule has 20 heavy (non-hydrogen) atoms. The molecule has 0 saturated carbocycles. The SMILES string of the molecule is Cc1cnc(NN)nc1N1CCN(CC(F)(F)F)CC1. The molecule has 6 nitrogen and oxygen atoms in total. The standard InChI is InChI=1S/C11H17F3N6/c1-8-6-16-10(18-15)17-9(8)20-4-2-19(3-5-20)7-11(12,13)14/h6H,2-5,7,15H2,1H3,(H,16,17,18). The maximum Gasteiger partial charge on any atom is 0.401 e. The van der Waals surface area contributed by atoms with Crippen LogP contribution in [0.3, 0.4) is 0 Å². The monoisotopic (exact) mass is 290 g/mol. The molecule has 112 valence electrons. The molecular weight excluding hydrogens is 273 g/mol. The lowest BCUT2D eigenvalue weighted by Gasteiger charge is -2.36. The van der Waals surface area contributed by atoms with E-state index in [2.05, 4.69) is 15.4 Å². The van der Waals surface area contributed by atoms with E-state index < -0.39 is 12.7 Å². The molecule has 2 rings (SSSR count). The topological polar surface area (TPSA) is 70.3 Å². The molecule has 3 N–H and O–H groups in total. The Hall–Kier alpha value is -1.61. The first-order valence-corrected chi connectivity index (χ1v) is 6.23. The zero-order valence-electron chi connectivity index (χ0n) is 11.1. The van der Waals surface area contributed by atoms with Crippen molar-refractivity contribution in [2.45, 2.75) is 13.1 Å². The maximum atomic E-state index is 12.3. The predicted molar refractivity (Wildman–Crippen MR) is 69.3 cm³/mol. The van der Waals surface area contributed by atoms with Crippen LogP contribution in [0.5, 0.6) is 0 Å². The summed E-state index contributed by atoms with van der Waals surface area (Å²) in [5.74, 6) is 6.27. The minimum atomic E-state index is -4.15. The molecule has 0 aliphatic carbocycles. The van der Waals surface area contributed by atoms with Gasteiger partial charge in [0.1, 0.15) is 5.82 Å². The third kappa shape index (κ3) is 3.70. The minimum Gasteiger partial charge on any atom is -0.354 e. The number of aryl methyl sites for hydroxylation is 1. The molecule has 1 aromatic rings. The smallest absolute Gasteiger partial charge is 0.354 e. The van der Waals surface area contributed by atoms with Crippen molar-refractivity contribution in [3.05, 3.63) is 11.8 Å². The maximum absolute atomic E-state index is 12.3. The van der Waals surface area contributed by atoms with Crippen molar-refractivity contribution in [2.75, 3.05) is 43.0 Å². The Morgan fingerprint density at radius 3 is 2.50 bits per heavy atom. The Morgan fingerprint density at radius 2 is 1.95 bits per heavy atom. The molecule has 1 aromatic heterocycles. The van der Waals surface area contributed by atoms with Gasteiger partial charge in [-0.15, -0.1) is 0 Å². The van der Waals surface area contributed by atoms with Crippen LogP contribution in [0.25, 0.3) is 0 Å². The number of nitrogens with zero attached hydrogens (tertiary/aromatic N) is 4. The molecule has 0 radical (unpaired) electrons. The van der Waals surface area contributed by atoms with E-state index in [4.69, 9.17) is 5.84 Å². The Bertz CT molecular complexity index is 456. The fraction of sp³-hybridized carbons (Fsp3) is 0.636. The number of nitrogen functional groups attached to an aromatic ring is 1. The summed E-state index contributed by atoms with van der Waals surface area (Å²) in [5.41, 5.74) is 3.23. The lowest BCUT2D eigenvalue weighted by Crippen LogP contribution is -2.49. The molecule has 0 spiro atoms. The number of halogens is 3. The number of nitrogens with one attached hydrogen (secondary N) is 1. The molecule has 1 aliphatic rings. The average Bonchev–Trinajstić information content (AvgIpc) is 2.39. The highest BCUT2D eigenvalue weighted by Crippen LogP contribution is 2.21. The van der Waals surface area contributed by atoms with Gasteiger partial charge in [-0.3, -0.25) is 10.3 Å². The summed E-state index contributed by atoms with van der Waals surface area (Å²) >= 11 is 0. The van der Waals surface area contributed by atoms with Crippen molar-refractivity contribution < 1.29 is 13.2 Å². The van der Waals surface area contributed by atoms with Crippen LogP contribution in [0.2, 0.25) is 0 Å². The van der Waals surface area contributed by atoms with Gasteiger partial charge in [-0.05, 0) is 6.92 Å². The number of alkyl halides is 3. The Morgan fingerprint density at radius 1 is 1.30 bits per heavy atom. The zero-order chi connectivity index (χ0) is 14.8. The summed E-state index contributed by atoms with van der Waals surface area (Å²) in [7, 11) is 0. The van der Waals surface area contributed by atoms with Gasteiger partial charge in [0, 0.05) is 37.9 Å². The Balaban J connectivity index is 2.00. The summed E-state index contributed by atoms with van der Waals surface area (Å²) < 4.78 is 37.0. The van der Waals surface area contributed by atoms with Gasteiger partial charge in [0.15, 0.2) is 0 Å². The summed E-state index contributed by atoms with van der Waals surface area (Å²) in [5, 5.41) is 0. The second-order valence-electron chi connectivity index (χ2n) is 4.72. The number of rotatable bonds is 3. The van der Waals surface area contributed by atoms with Crippen LogP contribution in [0.1, 0.15) is 5.56 Å². The fourth-order valence-corrected chi connectivity index (χ4v) is 2.19. The average molecular weight is 290 g/mol. The molecule has 1 fully saturated rings. The highest BCUT2D eigenvalue weighted by Gasteiger charge is 2.32. The van der Waals surface area contributed by atoms with Crippen LogP contribution in [0, 0.1) is 6.92 Å². The third-order valence-corrected chi connectivity index (χ3v) is 3.15. The first-order valence-electron chi connectivity index (χ1n) is 6.23. The molecular formula is C11H17F3N6. The van der Waals surface area contributed by atoms with E-state index in [1.807, 2.05) is 11.8 Å². The van der Waals surface area contributed by atoms with Crippen molar-refractivity contribution >= 4 is 11.8 Å². The number of hydrazine groups is 1. The van der Waals surface area contributed by atoms with Crippen molar-refractivity contribution in [1.82, 2.24) is 14.9 Å². The van der Waals surface area contributed by atoms with E-state index in [0.29, 0.717) is 37.9 Å². The third-order valence-electron chi connectivity index (χ3n) is 3.15. The van der Waals surface area contributed by atoms with Crippen LogP contribution in [0.15, 0.2) is 6.20 Å². The van der Waals surface area contributed by atoms with Gasteiger partial charge < -0.3 is 4.90 Å². The Kier molecular flexibility index (Phi) is 4.29. The molecule has 0 amide bonds. The van der Waals surface area contributed by atoms with Crippen LogP contribution < -0.4 is 16.2 Å². The normalized spacial score (nSPS) is 17.4. The first kappa shape index (κ1) is 14.8. The second kappa shape index (κ2) is 5.80. The molecule has 1 saturated heterocycles. The van der Waals surface area contributed by atoms with Gasteiger partial charge in [0.25, 0.3) is 0 Å². The minimum absolute atomic E-state index is 0.295. The van der Waals surface area contributed by atoms with Gasteiger partial charge in [0.2, 0.25) is 5.95 Å². The van der Waals surface area contributed by atoms with Gasteiger partial charge in [-0.1, -0.05) is 0 Å². The lowest BCUT2D eigenvalue weighted by molar-refractivity contribution is -0.146. The van der Waals surface area contributed by atoms with E-state index >= 15 is 0 Å². The first-order chi connectivity index (χ1) is 9.39. The summed E-state index contributed by atoms with van der Waals surface area (Å²) in [6.45, 7) is 2.70. The van der Waals surface area contributed by atoms with Crippen molar-refractivity contribution in [1.29, 1.82) is 0 Å². The summed E-state index contributed by atoms with van der Waals surface area (Å²) in [4.78, 5) is 11.6. The number of piperazine rings is 1. The highest BCUT2D eigenvalue weighted by molar-refractivity contribution is 5.49. The van der Waals surface area contributed by atoms with Crippen molar-refractivity contribution in [3.8, 4) is 0 Å². The predicted octanol–water partition coefficient (Wildman–Crippen LogP) is 0.755. The number of aromatic nitrogens is 2. The number of nitrogens with two attached hydrogens (primary N) is 1. The molecule has 0 unspecified atom stereocenters. The molecule has 0 atom stereocenters. The number of hydrogen-bond donors (Lipinski definition) is 2. The molecule has 2 heterocycles. The van der Waals surface area contributed by atoms with E-state index in [9.17, 15) is 13.2 Å². The molecule has 0 aromatic carbocycles. The second-order valence-corrected chi connectivity index (χ2v) is 4.72. The zero-order valence-corrected chi connectivity index (χ0v) is 11.1.